The average molecular weight is 463 g/mol. The largest absolute Gasteiger partial charge is 0.416 e. The Morgan fingerprint density at radius 2 is 1.78 bits per heavy atom. The maximum atomic E-state index is 13.3. The second kappa shape index (κ2) is 8.46. The Bertz CT molecular complexity index is 1350. The van der Waals surface area contributed by atoms with Gasteiger partial charge in [-0.2, -0.15) is 22.8 Å². The highest BCUT2D eigenvalue weighted by Crippen LogP contribution is 2.30. The molecule has 32 heavy (non-hydrogen) atoms. The van der Waals surface area contributed by atoms with Gasteiger partial charge in [0.05, 0.1) is 5.56 Å². The zero-order valence-corrected chi connectivity index (χ0v) is 16.8. The minimum atomic E-state index is -4.48. The molecule has 0 saturated heterocycles. The summed E-state index contributed by atoms with van der Waals surface area (Å²) < 4.78 is 53.1. The van der Waals surface area contributed by atoms with E-state index >= 15 is 0 Å². The lowest BCUT2D eigenvalue weighted by molar-refractivity contribution is -0.137. The lowest BCUT2D eigenvalue weighted by Crippen LogP contribution is -2.28. The number of nitrogens with one attached hydrogen (secondary N) is 1. The van der Waals surface area contributed by atoms with Gasteiger partial charge in [-0.15, -0.1) is 5.10 Å². The summed E-state index contributed by atoms with van der Waals surface area (Å²) in [7, 11) is 0. The number of carbonyl (C=O) groups excluding carboxylic acids is 1. The zero-order valence-electron chi connectivity index (χ0n) is 16.0. The number of hydrogen-bond donors (Lipinski definition) is 1. The number of hydrogen-bond acceptors (Lipinski definition) is 5. The molecule has 7 nitrogen and oxygen atoms in total. The summed E-state index contributed by atoms with van der Waals surface area (Å²) in [4.78, 5) is 25.4. The fourth-order valence-electron chi connectivity index (χ4n) is 2.78. The van der Waals surface area contributed by atoms with Crippen molar-refractivity contribution in [3.8, 4) is 0 Å². The van der Waals surface area contributed by atoms with Crippen LogP contribution >= 0.6 is 11.8 Å². The molecule has 4 aromatic rings. The van der Waals surface area contributed by atoms with Gasteiger partial charge in [0, 0.05) is 10.6 Å². The first-order chi connectivity index (χ1) is 15.2. The molecular weight excluding hydrogens is 450 g/mol. The van der Waals surface area contributed by atoms with Crippen molar-refractivity contribution in [3.63, 3.8) is 0 Å². The second-order valence-electron chi connectivity index (χ2n) is 6.56. The predicted octanol–water partition coefficient (Wildman–Crippen LogP) is 3.84. The van der Waals surface area contributed by atoms with Crippen molar-refractivity contribution in [2.75, 3.05) is 5.32 Å². The molecule has 0 radical (unpaired) electrons. The summed E-state index contributed by atoms with van der Waals surface area (Å²) in [6, 6.07) is 12.9. The Morgan fingerprint density at radius 3 is 2.47 bits per heavy atom. The highest BCUT2D eigenvalue weighted by molar-refractivity contribution is 7.99. The van der Waals surface area contributed by atoms with Gasteiger partial charge in [0.15, 0.2) is 5.65 Å². The maximum absolute atomic E-state index is 13.3. The Kier molecular flexibility index (Phi) is 5.70. The van der Waals surface area contributed by atoms with E-state index in [1.54, 1.807) is 18.2 Å². The van der Waals surface area contributed by atoms with Crippen molar-refractivity contribution in [1.82, 2.24) is 19.4 Å². The Hall–Kier alpha value is -3.67. The van der Waals surface area contributed by atoms with E-state index in [0.29, 0.717) is 9.92 Å². The van der Waals surface area contributed by atoms with Crippen molar-refractivity contribution in [2.24, 2.45) is 0 Å². The number of alkyl halides is 3. The van der Waals surface area contributed by atoms with Gasteiger partial charge in [-0.25, -0.2) is 13.9 Å². The Balaban J connectivity index is 1.49. The van der Waals surface area contributed by atoms with Crippen LogP contribution in [0.4, 0.5) is 23.2 Å². The van der Waals surface area contributed by atoms with E-state index in [0.717, 1.165) is 45.2 Å². The van der Waals surface area contributed by atoms with Gasteiger partial charge in [0.2, 0.25) is 5.91 Å². The monoisotopic (exact) mass is 463 g/mol. The molecule has 0 aliphatic rings. The van der Waals surface area contributed by atoms with E-state index in [-0.39, 0.29) is 11.3 Å². The van der Waals surface area contributed by atoms with Gasteiger partial charge < -0.3 is 5.32 Å². The first kappa shape index (κ1) is 21.6. The molecule has 0 spiro atoms. The van der Waals surface area contributed by atoms with Crippen LogP contribution in [-0.2, 0) is 17.5 Å². The van der Waals surface area contributed by atoms with Crippen LogP contribution in [0.2, 0.25) is 0 Å². The van der Waals surface area contributed by atoms with Gasteiger partial charge >= 0.3 is 11.9 Å². The molecule has 0 atom stereocenters. The van der Waals surface area contributed by atoms with E-state index in [2.05, 4.69) is 15.5 Å². The number of fused-ring (bicyclic) bond motifs is 1. The molecule has 4 rings (SSSR count). The van der Waals surface area contributed by atoms with Gasteiger partial charge in [-0.05, 0) is 54.6 Å². The summed E-state index contributed by atoms with van der Waals surface area (Å²) in [5.41, 5.74) is -1.18. The molecule has 0 fully saturated rings. The molecule has 1 amide bonds. The fraction of sp³-hybridized carbons (Fsp3) is 0.100. The van der Waals surface area contributed by atoms with Gasteiger partial charge in [0.1, 0.15) is 17.4 Å². The molecule has 1 N–H and O–H groups in total. The first-order valence-corrected chi connectivity index (χ1v) is 9.88. The second-order valence-corrected chi connectivity index (χ2v) is 7.66. The van der Waals surface area contributed by atoms with Crippen LogP contribution in [0.25, 0.3) is 5.65 Å². The van der Waals surface area contributed by atoms with Crippen molar-refractivity contribution in [3.05, 3.63) is 82.5 Å². The van der Waals surface area contributed by atoms with Crippen LogP contribution in [-0.4, -0.2) is 25.3 Å². The van der Waals surface area contributed by atoms with E-state index < -0.39 is 35.7 Å². The highest BCUT2D eigenvalue weighted by atomic mass is 32.2. The lowest BCUT2D eigenvalue weighted by Gasteiger charge is -2.08. The normalized spacial score (nSPS) is 11.6. The standard InChI is InChI=1S/C20H13F4N5O2S/c21-13-2-1-3-15(10-13)32-18-9-8-16-26-28(19(31)29(16)27-18)11-17(30)25-14-6-4-12(5-7-14)20(22,23)24/h1-10H,11H2,(H,25,30). The molecule has 0 saturated carbocycles. The van der Waals surface area contributed by atoms with E-state index in [9.17, 15) is 27.2 Å². The quantitative estimate of drug-likeness (QED) is 0.455. The topological polar surface area (TPSA) is 81.3 Å². The molecule has 0 bridgehead atoms. The number of rotatable bonds is 5. The van der Waals surface area contributed by atoms with Crippen LogP contribution in [0.5, 0.6) is 0 Å². The average Bonchev–Trinajstić information content (AvgIpc) is 3.03. The summed E-state index contributed by atoms with van der Waals surface area (Å²) >= 11 is 1.15. The molecule has 12 heteroatoms. The number of aromatic nitrogens is 4. The number of carbonyl (C=O) groups is 1. The molecule has 2 aromatic heterocycles. The van der Waals surface area contributed by atoms with Gasteiger partial charge in [0.25, 0.3) is 0 Å². The predicted molar refractivity (Wildman–Crippen MR) is 108 cm³/mol. The third kappa shape index (κ3) is 4.80. The third-order valence-corrected chi connectivity index (χ3v) is 5.14. The third-order valence-electron chi connectivity index (χ3n) is 4.22. The molecule has 0 aliphatic carbocycles. The smallest absolute Gasteiger partial charge is 0.324 e. The number of benzene rings is 2. The summed E-state index contributed by atoms with van der Waals surface area (Å²) in [6.45, 7) is -0.463. The number of halogens is 4. The van der Waals surface area contributed by atoms with Crippen LogP contribution < -0.4 is 11.0 Å². The summed E-state index contributed by atoms with van der Waals surface area (Å²) in [5.74, 6) is -1.05. The fourth-order valence-corrected chi connectivity index (χ4v) is 3.60. The van der Waals surface area contributed by atoms with E-state index in [4.69, 9.17) is 0 Å². The minimum Gasteiger partial charge on any atom is -0.324 e. The molecule has 0 unspecified atom stereocenters. The van der Waals surface area contributed by atoms with Crippen LogP contribution in [0.1, 0.15) is 5.56 Å². The lowest BCUT2D eigenvalue weighted by atomic mass is 10.2. The van der Waals surface area contributed by atoms with Crippen molar-refractivity contribution < 1.29 is 22.4 Å². The minimum absolute atomic E-state index is 0.145. The number of amides is 1. The molecular formula is C20H13F4N5O2S. The van der Waals surface area contributed by atoms with Gasteiger partial charge in [-0.3, -0.25) is 4.79 Å². The number of anilines is 1. The van der Waals surface area contributed by atoms with E-state index in [1.165, 1.54) is 18.2 Å². The van der Waals surface area contributed by atoms with Crippen molar-refractivity contribution in [2.45, 2.75) is 22.6 Å². The van der Waals surface area contributed by atoms with Gasteiger partial charge in [-0.1, -0.05) is 17.8 Å². The molecule has 164 valence electrons. The van der Waals surface area contributed by atoms with Crippen LogP contribution in [0.3, 0.4) is 0 Å². The maximum Gasteiger partial charge on any atom is 0.416 e. The van der Waals surface area contributed by atoms with Crippen LogP contribution in [0, 0.1) is 5.82 Å². The SMILES string of the molecule is O=C(Cn1nc2ccc(Sc3cccc(F)c3)nn2c1=O)Nc1ccc(C(F)(F)F)cc1. The zero-order chi connectivity index (χ0) is 22.9. The molecule has 0 aliphatic heterocycles. The first-order valence-electron chi connectivity index (χ1n) is 9.06. The Morgan fingerprint density at radius 1 is 1.03 bits per heavy atom. The molecule has 2 aromatic carbocycles. The summed E-state index contributed by atoms with van der Waals surface area (Å²) in [5, 5.41) is 11.0. The van der Waals surface area contributed by atoms with Crippen LogP contribution in [0.15, 0.2) is 75.4 Å². The molecule has 2 heterocycles. The number of nitrogens with zero attached hydrogens (tertiary/aromatic N) is 4. The Labute approximate surface area is 181 Å². The van der Waals surface area contributed by atoms with Crippen molar-refractivity contribution >= 4 is 29.0 Å². The van der Waals surface area contributed by atoms with E-state index in [1.807, 2.05) is 0 Å². The summed E-state index contributed by atoms with van der Waals surface area (Å²) in [6.07, 6.45) is -4.48. The van der Waals surface area contributed by atoms with Crippen molar-refractivity contribution in [1.29, 1.82) is 0 Å². The highest BCUT2D eigenvalue weighted by Gasteiger charge is 2.30.